The molecule has 4 rings (SSSR count). The van der Waals surface area contributed by atoms with Crippen molar-refractivity contribution in [3.05, 3.63) is 83.7 Å². The summed E-state index contributed by atoms with van der Waals surface area (Å²) in [5.41, 5.74) is 3.06. The van der Waals surface area contributed by atoms with Gasteiger partial charge in [0.15, 0.2) is 6.61 Å². The molecule has 0 atom stereocenters. The zero-order valence-corrected chi connectivity index (χ0v) is 14.7. The molecule has 0 bridgehead atoms. The number of hydrogen-bond donors (Lipinski definition) is 2. The zero-order chi connectivity index (χ0) is 19.3. The lowest BCUT2D eigenvalue weighted by Crippen LogP contribution is -2.25. The molecule has 0 aliphatic carbocycles. The van der Waals surface area contributed by atoms with Crippen molar-refractivity contribution in [3.63, 3.8) is 0 Å². The second-order valence-electron chi connectivity index (χ2n) is 6.05. The highest BCUT2D eigenvalue weighted by molar-refractivity contribution is 6.05. The molecule has 0 saturated heterocycles. The molecule has 6 heteroatoms. The molecule has 1 aliphatic heterocycles. The van der Waals surface area contributed by atoms with E-state index in [1.165, 1.54) is 0 Å². The Morgan fingerprint density at radius 1 is 1.07 bits per heavy atom. The van der Waals surface area contributed by atoms with Crippen LogP contribution in [0, 0.1) is 11.8 Å². The minimum Gasteiger partial charge on any atom is -0.482 e. The second-order valence-corrected chi connectivity index (χ2v) is 6.05. The molecule has 3 aromatic rings. The van der Waals surface area contributed by atoms with Gasteiger partial charge in [0, 0.05) is 23.0 Å². The summed E-state index contributed by atoms with van der Waals surface area (Å²) in [6.07, 6.45) is 1.69. The van der Waals surface area contributed by atoms with Crippen LogP contribution in [-0.2, 0) is 4.79 Å². The van der Waals surface area contributed by atoms with Crippen molar-refractivity contribution in [2.75, 3.05) is 17.2 Å². The van der Waals surface area contributed by atoms with E-state index >= 15 is 0 Å². The largest absolute Gasteiger partial charge is 0.482 e. The summed E-state index contributed by atoms with van der Waals surface area (Å²) in [5, 5.41) is 5.54. The molecule has 2 N–H and O–H groups in total. The molecular weight excluding hydrogens is 354 g/mol. The van der Waals surface area contributed by atoms with Gasteiger partial charge in [-0.25, -0.2) is 4.98 Å². The molecule has 0 radical (unpaired) electrons. The second kappa shape index (κ2) is 7.64. The van der Waals surface area contributed by atoms with Crippen LogP contribution in [-0.4, -0.2) is 23.4 Å². The fourth-order valence-electron chi connectivity index (χ4n) is 2.67. The number of rotatable bonds is 2. The summed E-state index contributed by atoms with van der Waals surface area (Å²) in [4.78, 5) is 28.0. The van der Waals surface area contributed by atoms with E-state index in [0.717, 1.165) is 5.56 Å². The predicted molar refractivity (Wildman–Crippen MR) is 105 cm³/mol. The molecule has 0 spiro atoms. The number of nitrogens with one attached hydrogen (secondary N) is 2. The first-order valence-corrected chi connectivity index (χ1v) is 8.58. The number of ether oxygens (including phenoxy) is 1. The van der Waals surface area contributed by atoms with E-state index in [0.29, 0.717) is 28.4 Å². The van der Waals surface area contributed by atoms with Gasteiger partial charge in [-0.05, 0) is 54.5 Å². The number of hydrogen-bond acceptors (Lipinski definition) is 4. The van der Waals surface area contributed by atoms with Crippen LogP contribution in [0.15, 0.2) is 66.9 Å². The number of anilines is 2. The van der Waals surface area contributed by atoms with Crippen molar-refractivity contribution in [2.45, 2.75) is 0 Å². The van der Waals surface area contributed by atoms with Gasteiger partial charge in [-0.3, -0.25) is 9.59 Å². The SMILES string of the molecule is O=C1COc2cc(C(=O)Nc3cccc(C#Cc4ccccn4)c3)ccc2N1. The van der Waals surface area contributed by atoms with E-state index in [1.54, 1.807) is 36.5 Å². The number of nitrogens with zero attached hydrogens (tertiary/aromatic N) is 1. The lowest BCUT2D eigenvalue weighted by molar-refractivity contribution is -0.118. The van der Waals surface area contributed by atoms with Gasteiger partial charge >= 0.3 is 0 Å². The third-order valence-electron chi connectivity index (χ3n) is 4.00. The van der Waals surface area contributed by atoms with E-state index in [4.69, 9.17) is 4.74 Å². The van der Waals surface area contributed by atoms with Gasteiger partial charge in [0.05, 0.1) is 5.69 Å². The lowest BCUT2D eigenvalue weighted by Gasteiger charge is -2.18. The average molecular weight is 369 g/mol. The third-order valence-corrected chi connectivity index (χ3v) is 4.00. The molecule has 0 unspecified atom stereocenters. The van der Waals surface area contributed by atoms with E-state index in [1.807, 2.05) is 30.3 Å². The Bertz CT molecular complexity index is 1110. The number of aromatic nitrogens is 1. The highest BCUT2D eigenvalue weighted by Gasteiger charge is 2.17. The number of benzene rings is 2. The van der Waals surface area contributed by atoms with Crippen LogP contribution in [0.2, 0.25) is 0 Å². The fraction of sp³-hybridized carbons (Fsp3) is 0.0455. The van der Waals surface area contributed by atoms with Crippen LogP contribution >= 0.6 is 0 Å². The first-order chi connectivity index (χ1) is 13.7. The van der Waals surface area contributed by atoms with Crippen molar-refractivity contribution >= 4 is 23.2 Å². The standard InChI is InChI=1S/C22H15N3O3/c26-21-14-28-20-13-16(8-10-19(20)25-21)22(27)24-18-6-3-4-15(12-18)7-9-17-5-1-2-11-23-17/h1-6,8,10-13H,14H2,(H,24,27)(H,25,26). The molecular formula is C22H15N3O3. The van der Waals surface area contributed by atoms with Crippen LogP contribution in [0.3, 0.4) is 0 Å². The van der Waals surface area contributed by atoms with Crippen molar-refractivity contribution in [1.82, 2.24) is 4.98 Å². The first kappa shape index (κ1) is 17.3. The van der Waals surface area contributed by atoms with Crippen LogP contribution in [0.25, 0.3) is 0 Å². The van der Waals surface area contributed by atoms with Gasteiger partial charge in [-0.2, -0.15) is 0 Å². The quantitative estimate of drug-likeness (QED) is 0.681. The third kappa shape index (κ3) is 4.00. The van der Waals surface area contributed by atoms with Gasteiger partial charge in [0.2, 0.25) is 0 Å². The smallest absolute Gasteiger partial charge is 0.262 e. The summed E-state index contributed by atoms with van der Waals surface area (Å²) in [6.45, 7) is -0.0605. The summed E-state index contributed by atoms with van der Waals surface area (Å²) in [7, 11) is 0. The van der Waals surface area contributed by atoms with E-state index < -0.39 is 0 Å². The summed E-state index contributed by atoms with van der Waals surface area (Å²) < 4.78 is 5.35. The van der Waals surface area contributed by atoms with Crippen LogP contribution in [0.4, 0.5) is 11.4 Å². The van der Waals surface area contributed by atoms with Gasteiger partial charge in [0.25, 0.3) is 11.8 Å². The summed E-state index contributed by atoms with van der Waals surface area (Å²) in [6, 6.07) is 17.7. The molecule has 2 aromatic carbocycles. The minimum atomic E-state index is -0.280. The molecule has 0 saturated carbocycles. The van der Waals surface area contributed by atoms with Crippen LogP contribution < -0.4 is 15.4 Å². The van der Waals surface area contributed by atoms with Crippen molar-refractivity contribution < 1.29 is 14.3 Å². The Kier molecular flexibility index (Phi) is 4.72. The van der Waals surface area contributed by atoms with Crippen molar-refractivity contribution in [2.24, 2.45) is 0 Å². The van der Waals surface area contributed by atoms with Crippen molar-refractivity contribution in [1.29, 1.82) is 0 Å². The molecule has 2 amide bonds. The van der Waals surface area contributed by atoms with Gasteiger partial charge < -0.3 is 15.4 Å². The zero-order valence-electron chi connectivity index (χ0n) is 14.7. The van der Waals surface area contributed by atoms with Crippen molar-refractivity contribution in [3.8, 4) is 17.6 Å². The monoisotopic (exact) mass is 369 g/mol. The Morgan fingerprint density at radius 3 is 2.86 bits per heavy atom. The van der Waals surface area contributed by atoms with Gasteiger partial charge in [-0.1, -0.05) is 18.1 Å². The van der Waals surface area contributed by atoms with Crippen LogP contribution in [0.5, 0.6) is 5.75 Å². The first-order valence-electron chi connectivity index (χ1n) is 8.58. The average Bonchev–Trinajstić information content (AvgIpc) is 2.73. The summed E-state index contributed by atoms with van der Waals surface area (Å²) >= 11 is 0. The molecule has 1 aliphatic rings. The molecule has 0 fully saturated rings. The van der Waals surface area contributed by atoms with E-state index in [-0.39, 0.29) is 18.4 Å². The topological polar surface area (TPSA) is 80.3 Å². The molecule has 28 heavy (non-hydrogen) atoms. The fourth-order valence-corrected chi connectivity index (χ4v) is 2.67. The molecule has 2 heterocycles. The lowest BCUT2D eigenvalue weighted by atomic mass is 10.1. The Labute approximate surface area is 161 Å². The van der Waals surface area contributed by atoms with E-state index in [2.05, 4.69) is 27.5 Å². The summed E-state index contributed by atoms with van der Waals surface area (Å²) in [5.74, 6) is 6.00. The van der Waals surface area contributed by atoms with Crippen LogP contribution in [0.1, 0.15) is 21.6 Å². The number of carbonyl (C=O) groups excluding carboxylic acids is 2. The Morgan fingerprint density at radius 2 is 2.00 bits per heavy atom. The highest BCUT2D eigenvalue weighted by atomic mass is 16.5. The maximum Gasteiger partial charge on any atom is 0.262 e. The van der Waals surface area contributed by atoms with Gasteiger partial charge in [-0.15, -0.1) is 0 Å². The molecule has 136 valence electrons. The Hall–Kier alpha value is -4.11. The number of amides is 2. The van der Waals surface area contributed by atoms with Gasteiger partial charge in [0.1, 0.15) is 11.4 Å². The number of fused-ring (bicyclic) bond motifs is 1. The Balaban J connectivity index is 1.49. The normalized spacial score (nSPS) is 11.9. The predicted octanol–water partition coefficient (Wildman–Crippen LogP) is 3.06. The highest BCUT2D eigenvalue weighted by Crippen LogP contribution is 2.28. The minimum absolute atomic E-state index is 0.0605. The maximum absolute atomic E-state index is 12.6. The number of carbonyl (C=O) groups is 2. The van der Waals surface area contributed by atoms with E-state index in [9.17, 15) is 9.59 Å². The molecule has 1 aromatic heterocycles. The number of pyridine rings is 1. The maximum atomic E-state index is 12.6. The molecule has 6 nitrogen and oxygen atoms in total.